The summed E-state index contributed by atoms with van der Waals surface area (Å²) in [6, 6.07) is 8.28. The number of carbonyl (C=O) groups excluding carboxylic acids is 2. The molecule has 0 fully saturated rings. The molecule has 1 atom stereocenters. The van der Waals surface area contributed by atoms with Crippen LogP contribution in [0.25, 0.3) is 0 Å². The van der Waals surface area contributed by atoms with E-state index in [9.17, 15) is 9.59 Å². The van der Waals surface area contributed by atoms with Gasteiger partial charge in [0.1, 0.15) is 0 Å². The van der Waals surface area contributed by atoms with Gasteiger partial charge in [-0.1, -0.05) is 54.5 Å². The molecule has 1 heterocycles. The van der Waals surface area contributed by atoms with Gasteiger partial charge in [0, 0.05) is 12.6 Å². The first-order valence-corrected chi connectivity index (χ1v) is 9.75. The maximum atomic E-state index is 13.1. The van der Waals surface area contributed by atoms with Gasteiger partial charge in [0.05, 0.1) is 19.1 Å². The number of hydrogen-bond acceptors (Lipinski definition) is 3. The lowest BCUT2D eigenvalue weighted by molar-refractivity contribution is -0.155. The number of nitrogens with zero attached hydrogens (tertiary/aromatic N) is 1. The van der Waals surface area contributed by atoms with Crippen molar-refractivity contribution < 1.29 is 14.3 Å². The van der Waals surface area contributed by atoms with Crippen LogP contribution < -0.4 is 0 Å². The van der Waals surface area contributed by atoms with Crippen molar-refractivity contribution in [3.05, 3.63) is 71.0 Å². The average Bonchev–Trinajstić information content (AvgIpc) is 2.67. The summed E-state index contributed by atoms with van der Waals surface area (Å²) in [6.07, 6.45) is 9.28. The van der Waals surface area contributed by atoms with Crippen LogP contribution in [0.2, 0.25) is 0 Å². The minimum absolute atomic E-state index is 0.0931. The van der Waals surface area contributed by atoms with E-state index in [2.05, 4.69) is 37.3 Å². The highest BCUT2D eigenvalue weighted by molar-refractivity contribution is 5.86. The molecule has 0 aliphatic carbocycles. The number of aryl methyl sites for hydroxylation is 1. The standard InChI is InChI=1S/C24H31NO3/c1-6-20-9-11-21(12-10-20)17-25-13-7-8-18(2)14-19(3)15-24(4,16-22(25)26)23(27)28-5/h7-14H,6,15-17H2,1-5H3/b13-7+,18-8-,19-14-. The summed E-state index contributed by atoms with van der Waals surface area (Å²) < 4.78 is 5.03. The molecule has 1 aliphatic heterocycles. The van der Waals surface area contributed by atoms with Crippen molar-refractivity contribution in [1.82, 2.24) is 4.90 Å². The number of hydrogen-bond donors (Lipinski definition) is 0. The fourth-order valence-corrected chi connectivity index (χ4v) is 3.59. The van der Waals surface area contributed by atoms with E-state index < -0.39 is 5.41 Å². The van der Waals surface area contributed by atoms with E-state index in [1.807, 2.05) is 32.9 Å². The zero-order chi connectivity index (χ0) is 20.7. The average molecular weight is 382 g/mol. The number of benzene rings is 1. The van der Waals surface area contributed by atoms with Crippen LogP contribution in [0.5, 0.6) is 0 Å². The number of methoxy groups -OCH3 is 1. The molecule has 150 valence electrons. The highest BCUT2D eigenvalue weighted by atomic mass is 16.5. The molecule has 28 heavy (non-hydrogen) atoms. The third-order valence-electron chi connectivity index (χ3n) is 5.09. The lowest BCUT2D eigenvalue weighted by atomic mass is 9.80. The highest BCUT2D eigenvalue weighted by Gasteiger charge is 2.38. The topological polar surface area (TPSA) is 46.6 Å². The van der Waals surface area contributed by atoms with E-state index in [1.54, 1.807) is 11.1 Å². The summed E-state index contributed by atoms with van der Waals surface area (Å²) >= 11 is 0. The van der Waals surface area contributed by atoms with Crippen molar-refractivity contribution in [3.63, 3.8) is 0 Å². The van der Waals surface area contributed by atoms with Crippen molar-refractivity contribution >= 4 is 11.9 Å². The minimum atomic E-state index is -0.894. The molecule has 2 rings (SSSR count). The van der Waals surface area contributed by atoms with Gasteiger partial charge in [-0.3, -0.25) is 9.59 Å². The predicted octanol–water partition coefficient (Wildman–Crippen LogP) is 4.96. The van der Waals surface area contributed by atoms with E-state index in [0.29, 0.717) is 13.0 Å². The molecular weight excluding hydrogens is 350 g/mol. The molecule has 0 aromatic heterocycles. The van der Waals surface area contributed by atoms with Crippen LogP contribution in [-0.2, 0) is 27.3 Å². The molecule has 4 nitrogen and oxygen atoms in total. The first kappa shape index (κ1) is 21.7. The Labute approximate surface area is 168 Å². The van der Waals surface area contributed by atoms with Crippen molar-refractivity contribution in [3.8, 4) is 0 Å². The first-order chi connectivity index (χ1) is 13.3. The molecular formula is C24H31NO3. The number of allylic oxidation sites excluding steroid dienone is 5. The molecule has 1 unspecified atom stereocenters. The number of carbonyl (C=O) groups is 2. The predicted molar refractivity (Wildman–Crippen MR) is 112 cm³/mol. The summed E-state index contributed by atoms with van der Waals surface area (Å²) in [6.45, 7) is 8.39. The third kappa shape index (κ3) is 5.69. The van der Waals surface area contributed by atoms with E-state index in [4.69, 9.17) is 4.74 Å². The fraction of sp³-hybridized carbons (Fsp3) is 0.417. The van der Waals surface area contributed by atoms with Gasteiger partial charge in [0.15, 0.2) is 0 Å². The molecule has 0 saturated heterocycles. The quantitative estimate of drug-likeness (QED) is 0.693. The largest absolute Gasteiger partial charge is 0.469 e. The zero-order valence-electron chi connectivity index (χ0n) is 17.6. The van der Waals surface area contributed by atoms with Gasteiger partial charge >= 0.3 is 5.97 Å². The first-order valence-electron chi connectivity index (χ1n) is 9.75. The second kappa shape index (κ2) is 9.54. The monoisotopic (exact) mass is 381 g/mol. The molecule has 0 saturated carbocycles. The Bertz CT molecular complexity index is 802. The molecule has 0 radical (unpaired) electrons. The van der Waals surface area contributed by atoms with Gasteiger partial charge in [0.2, 0.25) is 5.91 Å². The molecule has 4 heteroatoms. The summed E-state index contributed by atoms with van der Waals surface area (Å²) in [5.41, 5.74) is 3.55. The van der Waals surface area contributed by atoms with Gasteiger partial charge in [0.25, 0.3) is 0 Å². The summed E-state index contributed by atoms with van der Waals surface area (Å²) in [5.74, 6) is -0.449. The van der Waals surface area contributed by atoms with Gasteiger partial charge in [-0.15, -0.1) is 0 Å². The number of ether oxygens (including phenoxy) is 1. The van der Waals surface area contributed by atoms with Gasteiger partial charge in [-0.05, 0) is 50.8 Å². The molecule has 0 bridgehead atoms. The Balaban J connectivity index is 2.36. The van der Waals surface area contributed by atoms with Crippen molar-refractivity contribution in [2.75, 3.05) is 7.11 Å². The Morgan fingerprint density at radius 1 is 1.14 bits per heavy atom. The van der Waals surface area contributed by atoms with Crippen molar-refractivity contribution in [2.45, 2.75) is 53.5 Å². The Kier molecular flexibility index (Phi) is 7.38. The molecule has 1 amide bonds. The Hall–Kier alpha value is -2.62. The van der Waals surface area contributed by atoms with Gasteiger partial charge in [-0.25, -0.2) is 0 Å². The second-order valence-electron chi connectivity index (χ2n) is 7.84. The Morgan fingerprint density at radius 2 is 1.79 bits per heavy atom. The van der Waals surface area contributed by atoms with Crippen LogP contribution in [0, 0.1) is 5.41 Å². The summed E-state index contributed by atoms with van der Waals surface area (Å²) in [5, 5.41) is 0. The van der Waals surface area contributed by atoms with Crippen molar-refractivity contribution in [1.29, 1.82) is 0 Å². The molecule has 1 aliphatic rings. The third-order valence-corrected chi connectivity index (χ3v) is 5.09. The molecule has 0 spiro atoms. The zero-order valence-corrected chi connectivity index (χ0v) is 17.6. The van der Waals surface area contributed by atoms with E-state index in [1.165, 1.54) is 12.7 Å². The van der Waals surface area contributed by atoms with Gasteiger partial charge < -0.3 is 9.64 Å². The van der Waals surface area contributed by atoms with E-state index in [0.717, 1.165) is 23.1 Å². The normalized spacial score (nSPS) is 25.8. The van der Waals surface area contributed by atoms with Gasteiger partial charge in [-0.2, -0.15) is 0 Å². The van der Waals surface area contributed by atoms with Crippen LogP contribution >= 0.6 is 0 Å². The number of amides is 1. The van der Waals surface area contributed by atoms with Crippen LogP contribution in [0.4, 0.5) is 0 Å². The Morgan fingerprint density at radius 3 is 2.39 bits per heavy atom. The highest BCUT2D eigenvalue weighted by Crippen LogP contribution is 2.33. The van der Waals surface area contributed by atoms with E-state index >= 15 is 0 Å². The SMILES string of the molecule is CCc1ccc(CN2/C=C/C=C(C)\C=C(\C)CC(C)(C(=O)OC)CC2=O)cc1. The van der Waals surface area contributed by atoms with Crippen LogP contribution in [0.3, 0.4) is 0 Å². The lowest BCUT2D eigenvalue weighted by Crippen LogP contribution is -2.37. The maximum absolute atomic E-state index is 13.1. The summed E-state index contributed by atoms with van der Waals surface area (Å²) in [7, 11) is 1.38. The van der Waals surface area contributed by atoms with Crippen LogP contribution in [0.15, 0.2) is 59.8 Å². The summed E-state index contributed by atoms with van der Waals surface area (Å²) in [4.78, 5) is 27.3. The fourth-order valence-electron chi connectivity index (χ4n) is 3.59. The van der Waals surface area contributed by atoms with Crippen LogP contribution in [-0.4, -0.2) is 23.9 Å². The number of rotatable bonds is 4. The lowest BCUT2D eigenvalue weighted by Gasteiger charge is -2.29. The van der Waals surface area contributed by atoms with Crippen LogP contribution in [0.1, 0.15) is 51.7 Å². The molecule has 0 N–H and O–H groups in total. The maximum Gasteiger partial charge on any atom is 0.312 e. The van der Waals surface area contributed by atoms with E-state index in [-0.39, 0.29) is 18.3 Å². The smallest absolute Gasteiger partial charge is 0.312 e. The molecule has 1 aromatic carbocycles. The minimum Gasteiger partial charge on any atom is -0.469 e. The molecule has 1 aromatic rings. The number of esters is 1. The second-order valence-corrected chi connectivity index (χ2v) is 7.84. The van der Waals surface area contributed by atoms with Crippen molar-refractivity contribution in [2.24, 2.45) is 5.41 Å².